The molecular formula is C16H22FNO2. The third kappa shape index (κ3) is 3.11. The van der Waals surface area contributed by atoms with Crippen LogP contribution in [0.4, 0.5) is 10.1 Å². The molecule has 110 valence electrons. The van der Waals surface area contributed by atoms with E-state index in [1.54, 1.807) is 12.1 Å². The normalized spacial score (nSPS) is 19.1. The number of hydrogen-bond donors (Lipinski definition) is 1. The second-order valence-electron chi connectivity index (χ2n) is 5.66. The van der Waals surface area contributed by atoms with Crippen LogP contribution in [0, 0.1) is 11.7 Å². The van der Waals surface area contributed by atoms with Gasteiger partial charge in [0.25, 0.3) is 0 Å². The number of anilines is 1. The molecular weight excluding hydrogens is 257 g/mol. The average Bonchev–Trinajstić information content (AvgIpc) is 2.47. The number of ether oxygens (including phenoxy) is 1. The minimum atomic E-state index is -0.803. The second-order valence-corrected chi connectivity index (χ2v) is 5.66. The Morgan fingerprint density at radius 2 is 2.05 bits per heavy atom. The van der Waals surface area contributed by atoms with Crippen molar-refractivity contribution in [2.45, 2.75) is 44.6 Å². The highest BCUT2D eigenvalue weighted by atomic mass is 19.1. The monoisotopic (exact) mass is 279 g/mol. The molecule has 0 saturated heterocycles. The lowest BCUT2D eigenvalue weighted by molar-refractivity contribution is -0.147. The summed E-state index contributed by atoms with van der Waals surface area (Å²) in [5.74, 6) is -0.383. The number of carbonyl (C=O) groups excluding carboxylic acids is 1. The molecule has 1 aliphatic carbocycles. The zero-order valence-electron chi connectivity index (χ0n) is 12.1. The van der Waals surface area contributed by atoms with E-state index in [1.165, 1.54) is 25.7 Å². The van der Waals surface area contributed by atoms with E-state index in [0.717, 1.165) is 25.7 Å². The second kappa shape index (κ2) is 6.25. The molecule has 1 aliphatic rings. The highest BCUT2D eigenvalue weighted by molar-refractivity contribution is 5.84. The van der Waals surface area contributed by atoms with Gasteiger partial charge in [0.2, 0.25) is 0 Å². The van der Waals surface area contributed by atoms with Crippen molar-refractivity contribution in [3.05, 3.63) is 30.1 Å². The largest absolute Gasteiger partial charge is 0.467 e. The third-order valence-electron chi connectivity index (χ3n) is 4.26. The van der Waals surface area contributed by atoms with E-state index in [-0.39, 0.29) is 17.7 Å². The number of hydrogen-bond acceptors (Lipinski definition) is 3. The molecule has 1 atom stereocenters. The fraction of sp³-hybridized carbons (Fsp3) is 0.562. The van der Waals surface area contributed by atoms with Crippen LogP contribution < -0.4 is 5.32 Å². The number of halogens is 1. The van der Waals surface area contributed by atoms with Crippen LogP contribution in [0.1, 0.15) is 39.0 Å². The number of esters is 1. The summed E-state index contributed by atoms with van der Waals surface area (Å²) in [6.45, 7) is 1.86. The Morgan fingerprint density at radius 1 is 1.35 bits per heavy atom. The zero-order chi connectivity index (χ0) is 14.6. The fourth-order valence-corrected chi connectivity index (χ4v) is 3.08. The smallest absolute Gasteiger partial charge is 0.331 e. The van der Waals surface area contributed by atoms with Crippen LogP contribution in [-0.2, 0) is 9.53 Å². The summed E-state index contributed by atoms with van der Waals surface area (Å²) in [4.78, 5) is 12.2. The Bertz CT molecular complexity index is 471. The third-order valence-corrected chi connectivity index (χ3v) is 4.26. The summed E-state index contributed by atoms with van der Waals surface area (Å²) < 4.78 is 18.3. The molecule has 1 unspecified atom stereocenters. The molecule has 1 N–H and O–H groups in total. The van der Waals surface area contributed by atoms with Gasteiger partial charge in [-0.3, -0.25) is 0 Å². The number of nitrogens with one attached hydrogen (secondary N) is 1. The van der Waals surface area contributed by atoms with Crippen LogP contribution in [0.3, 0.4) is 0 Å². The maximum Gasteiger partial charge on any atom is 0.331 e. The highest BCUT2D eigenvalue weighted by Gasteiger charge is 2.42. The first-order valence-electron chi connectivity index (χ1n) is 7.18. The van der Waals surface area contributed by atoms with E-state index in [4.69, 9.17) is 4.74 Å². The van der Waals surface area contributed by atoms with Crippen molar-refractivity contribution in [1.82, 2.24) is 0 Å². The first-order valence-corrected chi connectivity index (χ1v) is 7.18. The number of benzene rings is 1. The molecule has 0 amide bonds. The van der Waals surface area contributed by atoms with Gasteiger partial charge in [0.1, 0.15) is 11.4 Å². The van der Waals surface area contributed by atoms with Gasteiger partial charge in [-0.2, -0.15) is 0 Å². The molecule has 0 radical (unpaired) electrons. The summed E-state index contributed by atoms with van der Waals surface area (Å²) in [5, 5.41) is 3.20. The van der Waals surface area contributed by atoms with Gasteiger partial charge in [-0.05, 0) is 43.9 Å². The first kappa shape index (κ1) is 14.8. The van der Waals surface area contributed by atoms with Crippen molar-refractivity contribution in [2.75, 3.05) is 12.4 Å². The molecule has 0 aromatic heterocycles. The lowest BCUT2D eigenvalue weighted by Crippen LogP contribution is -2.51. The van der Waals surface area contributed by atoms with Gasteiger partial charge in [-0.15, -0.1) is 0 Å². The minimum Gasteiger partial charge on any atom is -0.467 e. The molecule has 0 bridgehead atoms. The van der Waals surface area contributed by atoms with Gasteiger partial charge in [0.15, 0.2) is 0 Å². The van der Waals surface area contributed by atoms with E-state index >= 15 is 0 Å². The summed E-state index contributed by atoms with van der Waals surface area (Å²) in [6, 6.07) is 6.20. The topological polar surface area (TPSA) is 38.3 Å². The number of methoxy groups -OCH3 is 1. The molecule has 0 heterocycles. The maximum absolute atomic E-state index is 13.3. The molecule has 1 saturated carbocycles. The van der Waals surface area contributed by atoms with E-state index in [9.17, 15) is 9.18 Å². The molecule has 3 nitrogen and oxygen atoms in total. The Kier molecular flexibility index (Phi) is 4.63. The molecule has 1 aromatic carbocycles. The standard InChI is InChI=1S/C16H22FNO2/c1-16(15(19)20-2,12-7-4-3-5-8-12)18-14-10-6-9-13(17)11-14/h6,9-12,18H,3-5,7-8H2,1-2H3. The van der Waals surface area contributed by atoms with Crippen LogP contribution in [0.5, 0.6) is 0 Å². The van der Waals surface area contributed by atoms with Crippen molar-refractivity contribution in [3.8, 4) is 0 Å². The summed E-state index contributed by atoms with van der Waals surface area (Å²) in [7, 11) is 1.40. The Balaban J connectivity index is 2.24. The molecule has 0 spiro atoms. The molecule has 1 fully saturated rings. The van der Waals surface area contributed by atoms with E-state index < -0.39 is 5.54 Å². The molecule has 20 heavy (non-hydrogen) atoms. The van der Waals surface area contributed by atoms with Gasteiger partial charge < -0.3 is 10.1 Å². The molecule has 0 aliphatic heterocycles. The molecule has 1 aromatic rings. The predicted molar refractivity (Wildman–Crippen MR) is 77.0 cm³/mol. The van der Waals surface area contributed by atoms with Crippen LogP contribution in [0.15, 0.2) is 24.3 Å². The quantitative estimate of drug-likeness (QED) is 0.853. The van der Waals surface area contributed by atoms with Crippen molar-refractivity contribution < 1.29 is 13.9 Å². The zero-order valence-corrected chi connectivity index (χ0v) is 12.1. The Morgan fingerprint density at radius 3 is 2.65 bits per heavy atom. The lowest BCUT2D eigenvalue weighted by atomic mass is 9.75. The van der Waals surface area contributed by atoms with Gasteiger partial charge in [0.05, 0.1) is 7.11 Å². The van der Waals surface area contributed by atoms with Crippen molar-refractivity contribution >= 4 is 11.7 Å². The van der Waals surface area contributed by atoms with E-state index in [2.05, 4.69) is 5.32 Å². The minimum absolute atomic E-state index is 0.215. The lowest BCUT2D eigenvalue weighted by Gasteiger charge is -2.38. The summed E-state index contributed by atoms with van der Waals surface area (Å²) in [6.07, 6.45) is 5.46. The predicted octanol–water partition coefficient (Wildman–Crippen LogP) is 3.75. The number of carbonyl (C=O) groups is 1. The van der Waals surface area contributed by atoms with Gasteiger partial charge in [0, 0.05) is 5.69 Å². The fourth-order valence-electron chi connectivity index (χ4n) is 3.08. The van der Waals surface area contributed by atoms with Crippen molar-refractivity contribution in [2.24, 2.45) is 5.92 Å². The maximum atomic E-state index is 13.3. The van der Waals surface area contributed by atoms with E-state index in [1.807, 2.05) is 6.92 Å². The SMILES string of the molecule is COC(=O)C(C)(Nc1cccc(F)c1)C1CCCCC1. The van der Waals surface area contributed by atoms with Crippen LogP contribution >= 0.6 is 0 Å². The van der Waals surface area contributed by atoms with Crippen LogP contribution in [-0.4, -0.2) is 18.6 Å². The number of rotatable bonds is 4. The van der Waals surface area contributed by atoms with Gasteiger partial charge in [-0.25, -0.2) is 9.18 Å². The van der Waals surface area contributed by atoms with Gasteiger partial charge >= 0.3 is 5.97 Å². The summed E-state index contributed by atoms with van der Waals surface area (Å²) >= 11 is 0. The average molecular weight is 279 g/mol. The van der Waals surface area contributed by atoms with Gasteiger partial charge in [-0.1, -0.05) is 25.3 Å². The molecule has 4 heteroatoms. The van der Waals surface area contributed by atoms with Crippen LogP contribution in [0.2, 0.25) is 0 Å². The van der Waals surface area contributed by atoms with E-state index in [0.29, 0.717) is 5.69 Å². The Hall–Kier alpha value is -1.58. The van der Waals surface area contributed by atoms with Crippen molar-refractivity contribution in [1.29, 1.82) is 0 Å². The summed E-state index contributed by atoms with van der Waals surface area (Å²) in [5.41, 5.74) is -0.188. The first-order chi connectivity index (χ1) is 9.56. The molecule has 2 rings (SSSR count). The Labute approximate surface area is 119 Å². The van der Waals surface area contributed by atoms with Crippen molar-refractivity contribution in [3.63, 3.8) is 0 Å². The van der Waals surface area contributed by atoms with Crippen LogP contribution in [0.25, 0.3) is 0 Å². The highest BCUT2D eigenvalue weighted by Crippen LogP contribution is 2.35.